The van der Waals surface area contributed by atoms with Crippen molar-refractivity contribution in [2.45, 2.75) is 6.54 Å². The summed E-state index contributed by atoms with van der Waals surface area (Å²) >= 11 is 0. The van der Waals surface area contributed by atoms with Crippen LogP contribution in [-0.4, -0.2) is 28.6 Å². The zero-order chi connectivity index (χ0) is 15.7. The summed E-state index contributed by atoms with van der Waals surface area (Å²) in [6.45, 7) is 0.359. The average molecular weight is 295 g/mol. The van der Waals surface area contributed by atoms with Gasteiger partial charge in [0.25, 0.3) is 5.56 Å². The summed E-state index contributed by atoms with van der Waals surface area (Å²) in [6.07, 6.45) is 3.46. The lowest BCUT2D eigenvalue weighted by Gasteiger charge is -2.13. The first kappa shape index (κ1) is 14.2. The molecule has 3 rings (SSSR count). The maximum Gasteiger partial charge on any atom is 0.279 e. The Labute approximate surface area is 127 Å². The van der Waals surface area contributed by atoms with E-state index in [4.69, 9.17) is 5.73 Å². The summed E-state index contributed by atoms with van der Waals surface area (Å²) in [6, 6.07) is 9.18. The Hall–Kier alpha value is -2.73. The first-order valence-corrected chi connectivity index (χ1v) is 6.95. The van der Waals surface area contributed by atoms with Gasteiger partial charge in [-0.1, -0.05) is 0 Å². The lowest BCUT2D eigenvalue weighted by molar-refractivity contribution is 0.930. The number of pyridine rings is 3. The van der Waals surface area contributed by atoms with Gasteiger partial charge in [-0.15, -0.1) is 0 Å². The smallest absolute Gasteiger partial charge is 0.279 e. The van der Waals surface area contributed by atoms with Crippen LogP contribution in [0.4, 0.5) is 5.69 Å². The predicted molar refractivity (Wildman–Crippen MR) is 87.4 cm³/mol. The Kier molecular flexibility index (Phi) is 3.60. The second-order valence-corrected chi connectivity index (χ2v) is 5.20. The van der Waals surface area contributed by atoms with Crippen molar-refractivity contribution >= 4 is 16.6 Å². The molecule has 3 aromatic rings. The highest BCUT2D eigenvalue weighted by Crippen LogP contribution is 2.15. The van der Waals surface area contributed by atoms with Crippen molar-refractivity contribution in [3.8, 4) is 5.82 Å². The Bertz CT molecular complexity index is 885. The van der Waals surface area contributed by atoms with E-state index >= 15 is 0 Å². The second-order valence-electron chi connectivity index (χ2n) is 5.20. The SMILES string of the molecule is CN(C)c1cccn(-c2ccc3cnc(CN)cc3n2)c1=O. The Balaban J connectivity index is 2.18. The topological polar surface area (TPSA) is 77.0 Å². The average Bonchev–Trinajstić information content (AvgIpc) is 2.53. The van der Waals surface area contributed by atoms with Crippen LogP contribution in [-0.2, 0) is 6.54 Å². The first-order chi connectivity index (χ1) is 10.6. The summed E-state index contributed by atoms with van der Waals surface area (Å²) in [5, 5.41) is 0.915. The minimum Gasteiger partial charge on any atom is -0.373 e. The fourth-order valence-electron chi connectivity index (χ4n) is 2.30. The maximum absolute atomic E-state index is 12.5. The van der Waals surface area contributed by atoms with Gasteiger partial charge < -0.3 is 10.6 Å². The number of anilines is 1. The van der Waals surface area contributed by atoms with E-state index in [2.05, 4.69) is 9.97 Å². The molecule has 0 amide bonds. The third kappa shape index (κ3) is 2.44. The summed E-state index contributed by atoms with van der Waals surface area (Å²) in [5.74, 6) is 0.579. The molecule has 0 saturated heterocycles. The number of nitrogens with two attached hydrogens (primary N) is 1. The summed E-state index contributed by atoms with van der Waals surface area (Å²) in [4.78, 5) is 23.1. The van der Waals surface area contributed by atoms with Gasteiger partial charge >= 0.3 is 0 Å². The molecular weight excluding hydrogens is 278 g/mol. The van der Waals surface area contributed by atoms with Crippen molar-refractivity contribution in [3.63, 3.8) is 0 Å². The van der Waals surface area contributed by atoms with Crippen molar-refractivity contribution < 1.29 is 0 Å². The largest absolute Gasteiger partial charge is 0.373 e. The van der Waals surface area contributed by atoms with Crippen molar-refractivity contribution in [1.29, 1.82) is 0 Å². The molecule has 0 saturated carbocycles. The van der Waals surface area contributed by atoms with Crippen LogP contribution in [0.25, 0.3) is 16.7 Å². The summed E-state index contributed by atoms with van der Waals surface area (Å²) in [5.41, 5.74) is 7.67. The molecule has 0 aromatic carbocycles. The van der Waals surface area contributed by atoms with E-state index in [1.165, 1.54) is 4.57 Å². The Morgan fingerprint density at radius 2 is 2.09 bits per heavy atom. The van der Waals surface area contributed by atoms with Gasteiger partial charge in [0.05, 0.1) is 11.2 Å². The highest BCUT2D eigenvalue weighted by molar-refractivity contribution is 5.78. The minimum absolute atomic E-state index is 0.104. The van der Waals surface area contributed by atoms with Crippen LogP contribution in [0.1, 0.15) is 5.69 Å². The van der Waals surface area contributed by atoms with Gasteiger partial charge in [-0.05, 0) is 30.3 Å². The van der Waals surface area contributed by atoms with Gasteiger partial charge in [0.2, 0.25) is 0 Å². The van der Waals surface area contributed by atoms with Gasteiger partial charge in [0, 0.05) is 38.4 Å². The molecule has 3 heterocycles. The molecule has 0 spiro atoms. The summed E-state index contributed by atoms with van der Waals surface area (Å²) in [7, 11) is 3.68. The van der Waals surface area contributed by atoms with Crippen LogP contribution in [0.3, 0.4) is 0 Å². The molecule has 2 N–H and O–H groups in total. The lowest BCUT2D eigenvalue weighted by atomic mass is 10.2. The van der Waals surface area contributed by atoms with Crippen molar-refractivity contribution in [2.75, 3.05) is 19.0 Å². The number of aromatic nitrogens is 3. The Morgan fingerprint density at radius 1 is 1.27 bits per heavy atom. The molecule has 0 fully saturated rings. The summed E-state index contributed by atoms with van der Waals surface area (Å²) < 4.78 is 1.54. The van der Waals surface area contributed by atoms with Crippen LogP contribution in [0, 0.1) is 0 Å². The number of rotatable bonds is 3. The maximum atomic E-state index is 12.5. The number of nitrogens with zero attached hydrogens (tertiary/aromatic N) is 4. The van der Waals surface area contributed by atoms with Gasteiger partial charge in [0.1, 0.15) is 11.5 Å². The molecule has 0 bridgehead atoms. The molecule has 0 aliphatic carbocycles. The van der Waals surface area contributed by atoms with E-state index in [9.17, 15) is 4.79 Å². The van der Waals surface area contributed by atoms with Crippen LogP contribution in [0.15, 0.2) is 47.5 Å². The number of hydrogen-bond acceptors (Lipinski definition) is 5. The lowest BCUT2D eigenvalue weighted by Crippen LogP contribution is -2.26. The Morgan fingerprint density at radius 3 is 2.82 bits per heavy atom. The fraction of sp³-hybridized carbons (Fsp3) is 0.188. The third-order valence-corrected chi connectivity index (χ3v) is 3.48. The monoisotopic (exact) mass is 295 g/mol. The molecular formula is C16H17N5O. The fourth-order valence-corrected chi connectivity index (χ4v) is 2.30. The van der Waals surface area contributed by atoms with E-state index in [1.54, 1.807) is 23.4 Å². The van der Waals surface area contributed by atoms with Crippen molar-refractivity contribution in [1.82, 2.24) is 14.5 Å². The number of fused-ring (bicyclic) bond motifs is 1. The van der Waals surface area contributed by atoms with E-state index in [-0.39, 0.29) is 5.56 Å². The van der Waals surface area contributed by atoms with Crippen molar-refractivity contribution in [3.05, 3.63) is 58.8 Å². The minimum atomic E-state index is -0.104. The molecule has 6 nitrogen and oxygen atoms in total. The van der Waals surface area contributed by atoms with Crippen LogP contribution < -0.4 is 16.2 Å². The molecule has 0 aliphatic heterocycles. The van der Waals surface area contributed by atoms with E-state index in [1.807, 2.05) is 38.4 Å². The first-order valence-electron chi connectivity index (χ1n) is 6.95. The predicted octanol–water partition coefficient (Wildman–Crippen LogP) is 1.31. The van der Waals surface area contributed by atoms with Gasteiger partial charge in [-0.2, -0.15) is 0 Å². The zero-order valence-corrected chi connectivity index (χ0v) is 12.5. The van der Waals surface area contributed by atoms with Gasteiger partial charge in [-0.25, -0.2) is 4.98 Å². The van der Waals surface area contributed by atoms with E-state index in [0.29, 0.717) is 18.1 Å². The second kappa shape index (κ2) is 5.57. The number of hydrogen-bond donors (Lipinski definition) is 1. The molecule has 3 aromatic heterocycles. The van der Waals surface area contributed by atoms with Gasteiger partial charge in [-0.3, -0.25) is 14.3 Å². The highest BCUT2D eigenvalue weighted by Gasteiger charge is 2.08. The highest BCUT2D eigenvalue weighted by atomic mass is 16.1. The molecule has 0 radical (unpaired) electrons. The molecule has 0 unspecified atom stereocenters. The molecule has 112 valence electrons. The van der Waals surface area contributed by atoms with Crippen LogP contribution >= 0.6 is 0 Å². The molecule has 6 heteroatoms. The van der Waals surface area contributed by atoms with Crippen LogP contribution in [0.2, 0.25) is 0 Å². The van der Waals surface area contributed by atoms with E-state index < -0.39 is 0 Å². The van der Waals surface area contributed by atoms with E-state index in [0.717, 1.165) is 16.6 Å². The molecule has 22 heavy (non-hydrogen) atoms. The van der Waals surface area contributed by atoms with Gasteiger partial charge in [0.15, 0.2) is 0 Å². The molecule has 0 atom stereocenters. The van der Waals surface area contributed by atoms with Crippen LogP contribution in [0.5, 0.6) is 0 Å². The zero-order valence-electron chi connectivity index (χ0n) is 12.5. The third-order valence-electron chi connectivity index (χ3n) is 3.48. The quantitative estimate of drug-likeness (QED) is 0.788. The standard InChI is InChI=1S/C16H17N5O/c1-20(2)14-4-3-7-21(16(14)22)15-6-5-11-10-18-12(9-17)8-13(11)19-15/h3-8,10H,9,17H2,1-2H3. The molecule has 0 aliphatic rings. The van der Waals surface area contributed by atoms with Crippen molar-refractivity contribution in [2.24, 2.45) is 5.73 Å². The normalized spacial score (nSPS) is 10.9.